The summed E-state index contributed by atoms with van der Waals surface area (Å²) in [5.74, 6) is 1.37. The van der Waals surface area contributed by atoms with Crippen LogP contribution in [0.1, 0.15) is 23.6 Å². The van der Waals surface area contributed by atoms with Gasteiger partial charge in [0.1, 0.15) is 0 Å². The van der Waals surface area contributed by atoms with E-state index in [0.717, 1.165) is 24.1 Å². The first-order chi connectivity index (χ1) is 8.58. The van der Waals surface area contributed by atoms with Crippen molar-refractivity contribution < 1.29 is 9.84 Å². The van der Waals surface area contributed by atoms with Crippen molar-refractivity contribution in [3.05, 3.63) is 23.3 Å². The first kappa shape index (κ1) is 13.2. The number of hydrogen-bond acceptors (Lipinski definition) is 4. The molecule has 1 heterocycles. The van der Waals surface area contributed by atoms with Crippen molar-refractivity contribution in [2.24, 2.45) is 11.7 Å². The maximum atomic E-state index is 10.1. The molecule has 0 bridgehead atoms. The topological polar surface area (TPSA) is 58.7 Å². The van der Waals surface area contributed by atoms with E-state index in [0.29, 0.717) is 18.2 Å². The molecule has 100 valence electrons. The van der Waals surface area contributed by atoms with E-state index in [9.17, 15) is 5.11 Å². The second-order valence-electron chi connectivity index (χ2n) is 5.15. The summed E-state index contributed by atoms with van der Waals surface area (Å²) in [6.07, 6.45) is 1.02. The molecule has 0 saturated carbocycles. The van der Waals surface area contributed by atoms with Crippen LogP contribution in [0.4, 0.5) is 0 Å². The zero-order valence-electron chi connectivity index (χ0n) is 11.3. The molecular weight excluding hydrogens is 228 g/mol. The van der Waals surface area contributed by atoms with Crippen LogP contribution in [0, 0.1) is 12.8 Å². The van der Waals surface area contributed by atoms with Crippen LogP contribution in [0.3, 0.4) is 0 Å². The zero-order chi connectivity index (χ0) is 13.3. The van der Waals surface area contributed by atoms with Gasteiger partial charge < -0.3 is 15.6 Å². The van der Waals surface area contributed by atoms with Gasteiger partial charge in [-0.15, -0.1) is 0 Å². The van der Waals surface area contributed by atoms with Crippen LogP contribution in [0.2, 0.25) is 0 Å². The van der Waals surface area contributed by atoms with Gasteiger partial charge in [0.25, 0.3) is 0 Å². The highest BCUT2D eigenvalue weighted by molar-refractivity contribution is 5.51. The molecule has 1 aliphatic heterocycles. The number of aryl methyl sites for hydroxylation is 1. The van der Waals surface area contributed by atoms with Gasteiger partial charge in [-0.3, -0.25) is 4.90 Å². The lowest BCUT2D eigenvalue weighted by atomic mass is 9.97. The molecule has 2 unspecified atom stereocenters. The molecule has 1 aromatic rings. The summed E-state index contributed by atoms with van der Waals surface area (Å²) in [6.45, 7) is 3.59. The van der Waals surface area contributed by atoms with Gasteiger partial charge in [0.2, 0.25) is 0 Å². The van der Waals surface area contributed by atoms with Crippen LogP contribution in [0.15, 0.2) is 12.1 Å². The number of benzene rings is 1. The monoisotopic (exact) mass is 250 g/mol. The smallest absolute Gasteiger partial charge is 0.165 e. The number of likely N-dealkylation sites (tertiary alicyclic amines) is 1. The molecule has 3 N–H and O–H groups in total. The summed E-state index contributed by atoms with van der Waals surface area (Å²) >= 11 is 0. The van der Waals surface area contributed by atoms with Crippen LogP contribution in [0.25, 0.3) is 0 Å². The Balaban J connectivity index is 2.36. The fourth-order valence-corrected chi connectivity index (χ4v) is 2.80. The van der Waals surface area contributed by atoms with Crippen LogP contribution < -0.4 is 10.5 Å². The van der Waals surface area contributed by atoms with Crippen molar-refractivity contribution >= 4 is 0 Å². The van der Waals surface area contributed by atoms with Crippen molar-refractivity contribution in [1.82, 2.24) is 4.90 Å². The van der Waals surface area contributed by atoms with Gasteiger partial charge >= 0.3 is 0 Å². The summed E-state index contributed by atoms with van der Waals surface area (Å²) in [5, 5.41) is 10.1. The van der Waals surface area contributed by atoms with Gasteiger partial charge in [-0.2, -0.15) is 0 Å². The SMILES string of the molecule is COc1c(C2CC(CN)CN2C)ccc(C)c1O. The Labute approximate surface area is 108 Å². The molecule has 4 nitrogen and oxygen atoms in total. The minimum atomic E-state index is 0.250. The standard InChI is InChI=1S/C14H22N2O2/c1-9-4-5-11(14(18-3)13(9)17)12-6-10(7-15)8-16(12)2/h4-5,10,12,17H,6-8,15H2,1-3H3. The molecule has 2 atom stereocenters. The lowest BCUT2D eigenvalue weighted by Gasteiger charge is -2.22. The molecule has 1 aliphatic rings. The molecule has 4 heteroatoms. The number of nitrogens with zero attached hydrogens (tertiary/aromatic N) is 1. The molecule has 0 amide bonds. The molecule has 1 fully saturated rings. The Hall–Kier alpha value is -1.26. The van der Waals surface area contributed by atoms with E-state index in [1.807, 2.05) is 19.1 Å². The Kier molecular flexibility index (Phi) is 3.78. The number of methoxy groups -OCH3 is 1. The Morgan fingerprint density at radius 1 is 1.50 bits per heavy atom. The number of rotatable bonds is 3. The molecule has 18 heavy (non-hydrogen) atoms. The second-order valence-corrected chi connectivity index (χ2v) is 5.15. The van der Waals surface area contributed by atoms with E-state index in [2.05, 4.69) is 11.9 Å². The second kappa shape index (κ2) is 5.16. The van der Waals surface area contributed by atoms with Crippen LogP contribution in [-0.4, -0.2) is 37.3 Å². The maximum absolute atomic E-state index is 10.1. The van der Waals surface area contributed by atoms with Crippen LogP contribution in [0.5, 0.6) is 11.5 Å². The number of nitrogens with two attached hydrogens (primary N) is 1. The first-order valence-corrected chi connectivity index (χ1v) is 6.35. The largest absolute Gasteiger partial charge is 0.504 e. The van der Waals surface area contributed by atoms with Gasteiger partial charge in [0, 0.05) is 18.2 Å². The Morgan fingerprint density at radius 2 is 2.22 bits per heavy atom. The van der Waals surface area contributed by atoms with Gasteiger partial charge in [0.15, 0.2) is 11.5 Å². The van der Waals surface area contributed by atoms with Gasteiger partial charge in [0.05, 0.1) is 7.11 Å². The van der Waals surface area contributed by atoms with E-state index >= 15 is 0 Å². The molecule has 1 saturated heterocycles. The summed E-state index contributed by atoms with van der Waals surface area (Å²) in [5.41, 5.74) is 7.65. The van der Waals surface area contributed by atoms with E-state index in [4.69, 9.17) is 10.5 Å². The molecular formula is C14H22N2O2. The molecule has 0 aliphatic carbocycles. The fourth-order valence-electron chi connectivity index (χ4n) is 2.80. The predicted molar refractivity (Wildman–Crippen MR) is 71.9 cm³/mol. The number of aromatic hydroxyl groups is 1. The van der Waals surface area contributed by atoms with Gasteiger partial charge in [-0.05, 0) is 38.4 Å². The molecule has 0 radical (unpaired) electrons. The number of phenols is 1. The molecule has 1 aromatic carbocycles. The lowest BCUT2D eigenvalue weighted by Crippen LogP contribution is -2.20. The Bertz CT molecular complexity index is 434. The third-order valence-electron chi connectivity index (χ3n) is 3.89. The van der Waals surface area contributed by atoms with Gasteiger partial charge in [-0.25, -0.2) is 0 Å². The van der Waals surface area contributed by atoms with Crippen LogP contribution in [-0.2, 0) is 0 Å². The van der Waals surface area contributed by atoms with E-state index in [1.165, 1.54) is 0 Å². The van der Waals surface area contributed by atoms with Crippen molar-refractivity contribution in [1.29, 1.82) is 0 Å². The number of hydrogen-bond donors (Lipinski definition) is 2. The first-order valence-electron chi connectivity index (χ1n) is 6.35. The summed E-state index contributed by atoms with van der Waals surface area (Å²) in [7, 11) is 3.70. The molecule has 0 aromatic heterocycles. The molecule has 0 spiro atoms. The highest BCUT2D eigenvalue weighted by Gasteiger charge is 2.32. The Morgan fingerprint density at radius 3 is 2.78 bits per heavy atom. The normalized spacial score (nSPS) is 24.4. The van der Waals surface area contributed by atoms with Crippen LogP contribution >= 0.6 is 0 Å². The predicted octanol–water partition coefficient (Wildman–Crippen LogP) is 1.66. The highest BCUT2D eigenvalue weighted by Crippen LogP contribution is 2.43. The quantitative estimate of drug-likeness (QED) is 0.856. The van der Waals surface area contributed by atoms with E-state index < -0.39 is 0 Å². The van der Waals surface area contributed by atoms with Crippen molar-refractivity contribution in [3.8, 4) is 11.5 Å². The summed E-state index contributed by atoms with van der Waals surface area (Å²) in [6, 6.07) is 4.27. The number of phenolic OH excluding ortho intramolecular Hbond substituents is 1. The maximum Gasteiger partial charge on any atom is 0.165 e. The molecule has 2 rings (SSSR count). The fraction of sp³-hybridized carbons (Fsp3) is 0.571. The van der Waals surface area contributed by atoms with Crippen molar-refractivity contribution in [3.63, 3.8) is 0 Å². The third kappa shape index (κ3) is 2.18. The van der Waals surface area contributed by atoms with Gasteiger partial charge in [-0.1, -0.05) is 12.1 Å². The highest BCUT2D eigenvalue weighted by atomic mass is 16.5. The summed E-state index contributed by atoms with van der Waals surface area (Å²) < 4.78 is 5.38. The third-order valence-corrected chi connectivity index (χ3v) is 3.89. The minimum Gasteiger partial charge on any atom is -0.504 e. The van der Waals surface area contributed by atoms with E-state index in [1.54, 1.807) is 7.11 Å². The lowest BCUT2D eigenvalue weighted by molar-refractivity contribution is 0.297. The zero-order valence-corrected chi connectivity index (χ0v) is 11.3. The average Bonchev–Trinajstić information content (AvgIpc) is 2.74. The van der Waals surface area contributed by atoms with Crippen molar-refractivity contribution in [2.75, 3.05) is 27.2 Å². The summed E-state index contributed by atoms with van der Waals surface area (Å²) in [4.78, 5) is 2.28. The van der Waals surface area contributed by atoms with Crippen molar-refractivity contribution in [2.45, 2.75) is 19.4 Å². The number of ether oxygens (including phenoxy) is 1. The average molecular weight is 250 g/mol. The van der Waals surface area contributed by atoms with E-state index in [-0.39, 0.29) is 11.8 Å². The minimum absolute atomic E-state index is 0.250.